The molecule has 2 aromatic rings. The number of carbonyl (C=O) groups is 2. The number of piperidine rings is 1. The first-order chi connectivity index (χ1) is 12.1. The van der Waals surface area contributed by atoms with Crippen molar-refractivity contribution in [2.45, 2.75) is 18.9 Å². The maximum absolute atomic E-state index is 13.2. The summed E-state index contributed by atoms with van der Waals surface area (Å²) in [6.45, 7) is 1.32. The third-order valence-corrected chi connectivity index (χ3v) is 5.68. The maximum atomic E-state index is 13.2. The van der Waals surface area contributed by atoms with Crippen molar-refractivity contribution in [3.05, 3.63) is 66.2 Å². The van der Waals surface area contributed by atoms with Gasteiger partial charge >= 0.3 is 0 Å². The van der Waals surface area contributed by atoms with Crippen LogP contribution in [0.25, 0.3) is 0 Å². The van der Waals surface area contributed by atoms with Gasteiger partial charge in [-0.05, 0) is 30.5 Å². The van der Waals surface area contributed by atoms with Crippen LogP contribution in [0.15, 0.2) is 60.7 Å². The van der Waals surface area contributed by atoms with Crippen molar-refractivity contribution in [2.24, 2.45) is 5.41 Å². The van der Waals surface area contributed by atoms with Crippen molar-refractivity contribution in [2.75, 3.05) is 18.0 Å². The largest absolute Gasteiger partial charge is 0.352 e. The zero-order valence-electron chi connectivity index (χ0n) is 14.4. The Balaban J connectivity index is 1.70. The lowest BCUT2D eigenvalue weighted by atomic mass is 9.62. The highest BCUT2D eigenvalue weighted by Crippen LogP contribution is 2.57. The van der Waals surface area contributed by atoms with Gasteiger partial charge in [0, 0.05) is 18.8 Å². The Morgan fingerprint density at radius 1 is 0.960 bits per heavy atom. The molecule has 0 saturated carbocycles. The number of rotatable bonds is 2. The Labute approximate surface area is 148 Å². The number of benzene rings is 2. The van der Waals surface area contributed by atoms with Gasteiger partial charge in [-0.1, -0.05) is 48.5 Å². The summed E-state index contributed by atoms with van der Waals surface area (Å²) in [6, 6.07) is 20.2. The van der Waals surface area contributed by atoms with Crippen molar-refractivity contribution in [1.29, 1.82) is 0 Å². The first-order valence-corrected chi connectivity index (χ1v) is 8.83. The highest BCUT2D eigenvalue weighted by molar-refractivity contribution is 6.56. The van der Waals surface area contributed by atoms with E-state index in [1.165, 1.54) is 5.56 Å². The second-order valence-corrected chi connectivity index (χ2v) is 6.99. The number of hydrogen-bond acceptors (Lipinski definition) is 2. The van der Waals surface area contributed by atoms with Gasteiger partial charge in [0.05, 0.1) is 11.5 Å². The normalized spacial score (nSPS) is 21.9. The van der Waals surface area contributed by atoms with Gasteiger partial charge in [-0.15, -0.1) is 0 Å². The molecule has 2 heterocycles. The molecule has 0 aliphatic carbocycles. The fourth-order valence-corrected chi connectivity index (χ4v) is 4.32. The molecular weight excluding hydrogens is 311 g/mol. The van der Waals surface area contributed by atoms with Gasteiger partial charge in [0.15, 0.2) is 5.81 Å². The molecule has 126 valence electrons. The van der Waals surface area contributed by atoms with Crippen LogP contribution in [0.1, 0.15) is 24.4 Å². The summed E-state index contributed by atoms with van der Waals surface area (Å²) >= 11 is 0. The molecule has 25 heavy (non-hydrogen) atoms. The smallest absolute Gasteiger partial charge is 0.236 e. The minimum absolute atomic E-state index is 0.0395. The zero-order chi connectivity index (χ0) is 17.4. The molecule has 1 unspecified atom stereocenters. The molecule has 5 heteroatoms. The van der Waals surface area contributed by atoms with Crippen LogP contribution in [-0.4, -0.2) is 37.5 Å². The molecular formula is C20H21BN2O2. The summed E-state index contributed by atoms with van der Waals surface area (Å²) in [6.07, 6.45) is 1.46. The summed E-state index contributed by atoms with van der Waals surface area (Å²) < 4.78 is 0. The first-order valence-electron chi connectivity index (χ1n) is 8.83. The van der Waals surface area contributed by atoms with Crippen LogP contribution in [-0.2, 0) is 4.79 Å². The van der Waals surface area contributed by atoms with Crippen LogP contribution in [0, 0.1) is 5.41 Å². The number of amides is 2. The first kappa shape index (κ1) is 15.9. The third-order valence-electron chi connectivity index (χ3n) is 5.68. The molecule has 2 aliphatic heterocycles. The molecule has 2 saturated heterocycles. The Kier molecular flexibility index (Phi) is 3.87. The predicted molar refractivity (Wildman–Crippen MR) is 100 cm³/mol. The summed E-state index contributed by atoms with van der Waals surface area (Å²) in [5.74, 6) is 0.286. The van der Waals surface area contributed by atoms with Crippen molar-refractivity contribution in [3.63, 3.8) is 0 Å². The lowest BCUT2D eigenvalue weighted by Crippen LogP contribution is -2.67. The molecule has 0 bridgehead atoms. The van der Waals surface area contributed by atoms with E-state index in [2.05, 4.69) is 12.1 Å². The number of hydrogen-bond donors (Lipinski definition) is 0. The number of nitrogens with zero attached hydrogens (tertiary/aromatic N) is 2. The standard InChI is InChI=1S/C20H21BN2O2/c21-19(25)22-13-11-20(12-14-22)17(15-7-3-1-4-8-15)23(18(20)24)16-9-5-2-6-10-16/h1-10,17H,11-14,21H2. The number of β-lactam (4-membered cyclic amide) rings is 1. The van der Waals surface area contributed by atoms with Crippen LogP contribution in [0.4, 0.5) is 10.5 Å². The Hall–Kier alpha value is -2.56. The van der Waals surface area contributed by atoms with Gasteiger partial charge in [-0.2, -0.15) is 0 Å². The van der Waals surface area contributed by atoms with E-state index in [0.717, 1.165) is 18.5 Å². The molecule has 0 radical (unpaired) electrons. The van der Waals surface area contributed by atoms with E-state index in [-0.39, 0.29) is 23.2 Å². The van der Waals surface area contributed by atoms with E-state index < -0.39 is 0 Å². The summed E-state index contributed by atoms with van der Waals surface area (Å²) in [5, 5.41) is 0. The molecule has 1 spiro atoms. The Morgan fingerprint density at radius 2 is 1.52 bits per heavy atom. The monoisotopic (exact) mass is 332 g/mol. The maximum Gasteiger partial charge on any atom is 0.236 e. The zero-order valence-corrected chi connectivity index (χ0v) is 14.4. The third kappa shape index (κ3) is 2.46. The molecule has 2 aromatic carbocycles. The van der Waals surface area contributed by atoms with Crippen LogP contribution in [0.3, 0.4) is 0 Å². The fraction of sp³-hybridized carbons (Fsp3) is 0.300. The van der Waals surface area contributed by atoms with Gasteiger partial charge in [0.25, 0.3) is 0 Å². The minimum atomic E-state index is -0.386. The van der Waals surface area contributed by atoms with E-state index >= 15 is 0 Å². The van der Waals surface area contributed by atoms with Gasteiger partial charge in [-0.3, -0.25) is 9.59 Å². The lowest BCUT2D eigenvalue weighted by molar-refractivity contribution is -0.144. The minimum Gasteiger partial charge on any atom is -0.352 e. The van der Waals surface area contributed by atoms with Crippen LogP contribution in [0.5, 0.6) is 0 Å². The van der Waals surface area contributed by atoms with Crippen molar-refractivity contribution >= 4 is 25.2 Å². The summed E-state index contributed by atoms with van der Waals surface area (Å²) in [5.41, 5.74) is 1.73. The Bertz CT molecular complexity index is 786. The molecule has 2 fully saturated rings. The number of anilines is 1. The quantitative estimate of drug-likeness (QED) is 0.627. The number of carbonyl (C=O) groups excluding carboxylic acids is 2. The van der Waals surface area contributed by atoms with E-state index in [4.69, 9.17) is 0 Å². The van der Waals surface area contributed by atoms with Crippen molar-refractivity contribution in [3.8, 4) is 0 Å². The van der Waals surface area contributed by atoms with E-state index in [1.54, 1.807) is 7.85 Å². The van der Waals surface area contributed by atoms with Gasteiger partial charge < -0.3 is 9.80 Å². The molecule has 2 aliphatic rings. The molecule has 4 nitrogen and oxygen atoms in total. The SMILES string of the molecule is BC(=O)N1CCC2(CC1)C(=O)N(c1ccccc1)C2c1ccccc1. The molecule has 0 aromatic heterocycles. The van der Waals surface area contributed by atoms with Crippen molar-refractivity contribution < 1.29 is 9.59 Å². The molecule has 2 amide bonds. The van der Waals surface area contributed by atoms with Gasteiger partial charge in [-0.25, -0.2) is 0 Å². The van der Waals surface area contributed by atoms with Crippen LogP contribution in [0.2, 0.25) is 0 Å². The summed E-state index contributed by atoms with van der Waals surface area (Å²) in [7, 11) is 1.60. The highest BCUT2D eigenvalue weighted by atomic mass is 16.2. The van der Waals surface area contributed by atoms with Crippen molar-refractivity contribution in [1.82, 2.24) is 4.90 Å². The molecule has 1 atom stereocenters. The fourth-order valence-electron chi connectivity index (χ4n) is 4.32. The average molecular weight is 332 g/mol. The van der Waals surface area contributed by atoms with E-state index in [9.17, 15) is 9.59 Å². The molecule has 0 N–H and O–H groups in total. The van der Waals surface area contributed by atoms with Crippen LogP contribution >= 0.6 is 0 Å². The highest BCUT2D eigenvalue weighted by Gasteiger charge is 2.61. The lowest BCUT2D eigenvalue weighted by Gasteiger charge is -2.59. The van der Waals surface area contributed by atoms with Gasteiger partial charge in [0.2, 0.25) is 13.8 Å². The van der Waals surface area contributed by atoms with E-state index in [1.807, 2.05) is 58.3 Å². The Morgan fingerprint density at radius 3 is 2.08 bits per heavy atom. The molecule has 4 rings (SSSR count). The van der Waals surface area contributed by atoms with Crippen LogP contribution < -0.4 is 4.90 Å². The number of likely N-dealkylation sites (tertiary alicyclic amines) is 1. The van der Waals surface area contributed by atoms with E-state index in [0.29, 0.717) is 13.1 Å². The second-order valence-electron chi connectivity index (χ2n) is 6.99. The summed E-state index contributed by atoms with van der Waals surface area (Å²) in [4.78, 5) is 28.7. The average Bonchev–Trinajstić information content (AvgIpc) is 2.67. The van der Waals surface area contributed by atoms with Gasteiger partial charge in [0.1, 0.15) is 0 Å². The topological polar surface area (TPSA) is 40.6 Å². The second kappa shape index (κ2) is 6.06. The predicted octanol–water partition coefficient (Wildman–Crippen LogP) is 2.61. The number of para-hydroxylation sites is 1.